The van der Waals surface area contributed by atoms with Gasteiger partial charge in [0, 0.05) is 17.8 Å². The first-order chi connectivity index (χ1) is 9.66. The summed E-state index contributed by atoms with van der Waals surface area (Å²) in [6.45, 7) is 2.98. The van der Waals surface area contributed by atoms with Crippen LogP contribution in [0.4, 0.5) is 5.69 Å². The fourth-order valence-electron chi connectivity index (χ4n) is 2.18. The lowest BCUT2D eigenvalue weighted by atomic mass is 10.1. The van der Waals surface area contributed by atoms with E-state index in [0.717, 1.165) is 30.6 Å². The quantitative estimate of drug-likeness (QED) is 0.628. The van der Waals surface area contributed by atoms with Crippen LogP contribution < -0.4 is 11.1 Å². The second-order valence-electron chi connectivity index (χ2n) is 4.93. The van der Waals surface area contributed by atoms with E-state index in [1.807, 2.05) is 18.2 Å². The van der Waals surface area contributed by atoms with E-state index in [1.54, 1.807) is 0 Å². The highest BCUT2D eigenvalue weighted by Gasteiger charge is 2.04. The molecule has 0 heterocycles. The van der Waals surface area contributed by atoms with Crippen molar-refractivity contribution in [3.8, 4) is 0 Å². The maximum Gasteiger partial charge on any atom is 0.106 e. The summed E-state index contributed by atoms with van der Waals surface area (Å²) < 4.78 is 0. The standard InChI is InChI=1S/C17H20N2S/c1-13-9-10-15(17(18)20)16(12-13)19-11-5-8-14-6-3-2-4-7-14/h2-4,6-7,9-10,12,19H,5,8,11H2,1H3,(H2,18,20). The van der Waals surface area contributed by atoms with Crippen molar-refractivity contribution in [1.82, 2.24) is 0 Å². The summed E-state index contributed by atoms with van der Waals surface area (Å²) in [6.07, 6.45) is 2.15. The van der Waals surface area contributed by atoms with E-state index < -0.39 is 0 Å². The maximum absolute atomic E-state index is 5.75. The van der Waals surface area contributed by atoms with E-state index in [1.165, 1.54) is 11.1 Å². The zero-order chi connectivity index (χ0) is 14.4. The molecule has 0 radical (unpaired) electrons. The monoisotopic (exact) mass is 284 g/mol. The third-order valence-electron chi connectivity index (χ3n) is 3.24. The van der Waals surface area contributed by atoms with Crippen LogP contribution in [0, 0.1) is 6.92 Å². The van der Waals surface area contributed by atoms with Gasteiger partial charge < -0.3 is 11.1 Å². The first-order valence-corrected chi connectivity index (χ1v) is 7.26. The molecule has 0 aliphatic heterocycles. The first-order valence-electron chi connectivity index (χ1n) is 6.85. The molecule has 2 aromatic carbocycles. The maximum atomic E-state index is 5.75. The summed E-state index contributed by atoms with van der Waals surface area (Å²) in [4.78, 5) is 0.440. The molecule has 0 bridgehead atoms. The van der Waals surface area contributed by atoms with Crippen molar-refractivity contribution in [1.29, 1.82) is 0 Å². The van der Waals surface area contributed by atoms with Gasteiger partial charge in [0.1, 0.15) is 4.99 Å². The highest BCUT2D eigenvalue weighted by Crippen LogP contribution is 2.17. The van der Waals surface area contributed by atoms with Crippen molar-refractivity contribution < 1.29 is 0 Å². The molecule has 104 valence electrons. The number of benzene rings is 2. The number of nitrogens with two attached hydrogens (primary N) is 1. The van der Waals surface area contributed by atoms with Crippen molar-refractivity contribution >= 4 is 22.9 Å². The minimum Gasteiger partial charge on any atom is -0.389 e. The third-order valence-corrected chi connectivity index (χ3v) is 3.46. The number of anilines is 1. The Hall–Kier alpha value is -1.87. The molecule has 0 aliphatic rings. The largest absolute Gasteiger partial charge is 0.389 e. The van der Waals surface area contributed by atoms with Gasteiger partial charge in [-0.05, 0) is 43.0 Å². The summed E-state index contributed by atoms with van der Waals surface area (Å²) in [7, 11) is 0. The molecule has 0 unspecified atom stereocenters. The molecule has 0 spiro atoms. The summed E-state index contributed by atoms with van der Waals surface area (Å²) in [5.41, 5.74) is 10.3. The van der Waals surface area contributed by atoms with E-state index in [0.29, 0.717) is 4.99 Å². The minimum absolute atomic E-state index is 0.440. The van der Waals surface area contributed by atoms with Crippen LogP contribution in [0.5, 0.6) is 0 Å². The Balaban J connectivity index is 1.91. The number of aryl methyl sites for hydroxylation is 2. The highest BCUT2D eigenvalue weighted by molar-refractivity contribution is 7.80. The van der Waals surface area contributed by atoms with Gasteiger partial charge in [-0.1, -0.05) is 48.6 Å². The van der Waals surface area contributed by atoms with Crippen molar-refractivity contribution in [2.75, 3.05) is 11.9 Å². The van der Waals surface area contributed by atoms with Crippen molar-refractivity contribution in [2.45, 2.75) is 19.8 Å². The molecule has 2 nitrogen and oxygen atoms in total. The Morgan fingerprint density at radius 2 is 1.90 bits per heavy atom. The van der Waals surface area contributed by atoms with Crippen LogP contribution in [0.15, 0.2) is 48.5 Å². The van der Waals surface area contributed by atoms with Gasteiger partial charge in [0.05, 0.1) is 0 Å². The van der Waals surface area contributed by atoms with Gasteiger partial charge >= 0.3 is 0 Å². The molecule has 0 fully saturated rings. The fourth-order valence-corrected chi connectivity index (χ4v) is 2.36. The smallest absolute Gasteiger partial charge is 0.106 e. The average molecular weight is 284 g/mol. The molecule has 0 atom stereocenters. The van der Waals surface area contributed by atoms with Gasteiger partial charge in [0.15, 0.2) is 0 Å². The molecule has 2 aromatic rings. The van der Waals surface area contributed by atoms with Crippen LogP contribution in [-0.2, 0) is 6.42 Å². The Labute approximate surface area is 126 Å². The molecule has 3 heteroatoms. The summed E-state index contributed by atoms with van der Waals surface area (Å²) in [6, 6.07) is 16.6. The molecule has 0 aliphatic carbocycles. The second kappa shape index (κ2) is 7.06. The Kier molecular flexibility index (Phi) is 5.13. The van der Waals surface area contributed by atoms with E-state index in [4.69, 9.17) is 18.0 Å². The molecule has 0 amide bonds. The molecule has 0 saturated carbocycles. The third kappa shape index (κ3) is 4.07. The average Bonchev–Trinajstić information content (AvgIpc) is 2.44. The van der Waals surface area contributed by atoms with Crippen LogP contribution in [0.2, 0.25) is 0 Å². The predicted molar refractivity (Wildman–Crippen MR) is 90.3 cm³/mol. The van der Waals surface area contributed by atoms with E-state index in [2.05, 4.69) is 42.6 Å². The summed E-state index contributed by atoms with van der Waals surface area (Å²) in [5, 5.41) is 3.44. The number of rotatable bonds is 6. The van der Waals surface area contributed by atoms with Gasteiger partial charge in [0.2, 0.25) is 0 Å². The molecular formula is C17H20N2S. The molecule has 20 heavy (non-hydrogen) atoms. The first kappa shape index (κ1) is 14.5. The predicted octanol–water partition coefficient (Wildman–Crippen LogP) is 3.67. The van der Waals surface area contributed by atoms with Crippen molar-refractivity contribution in [3.05, 3.63) is 65.2 Å². The van der Waals surface area contributed by atoms with Crippen LogP contribution in [0.3, 0.4) is 0 Å². The zero-order valence-corrected chi connectivity index (χ0v) is 12.5. The molecule has 0 aromatic heterocycles. The molecule has 0 saturated heterocycles. The Bertz CT molecular complexity index is 579. The lowest BCUT2D eigenvalue weighted by molar-refractivity contribution is 0.863. The van der Waals surface area contributed by atoms with Gasteiger partial charge in [0.25, 0.3) is 0 Å². The lowest BCUT2D eigenvalue weighted by Crippen LogP contribution is -2.14. The number of hydrogen-bond donors (Lipinski definition) is 2. The van der Waals surface area contributed by atoms with Crippen molar-refractivity contribution in [3.63, 3.8) is 0 Å². The lowest BCUT2D eigenvalue weighted by Gasteiger charge is -2.12. The molecule has 3 N–H and O–H groups in total. The Morgan fingerprint density at radius 3 is 2.60 bits per heavy atom. The van der Waals surface area contributed by atoms with E-state index in [-0.39, 0.29) is 0 Å². The summed E-state index contributed by atoms with van der Waals surface area (Å²) in [5.74, 6) is 0. The second-order valence-corrected chi connectivity index (χ2v) is 5.37. The van der Waals surface area contributed by atoms with Crippen LogP contribution in [0.1, 0.15) is 23.1 Å². The Morgan fingerprint density at radius 1 is 1.15 bits per heavy atom. The minimum atomic E-state index is 0.440. The summed E-state index contributed by atoms with van der Waals surface area (Å²) >= 11 is 5.09. The SMILES string of the molecule is Cc1ccc(C(N)=S)c(NCCCc2ccccc2)c1. The van der Waals surface area contributed by atoms with Crippen molar-refractivity contribution in [2.24, 2.45) is 5.73 Å². The van der Waals surface area contributed by atoms with Crippen LogP contribution in [0.25, 0.3) is 0 Å². The van der Waals surface area contributed by atoms with Crippen LogP contribution >= 0.6 is 12.2 Å². The topological polar surface area (TPSA) is 38.0 Å². The zero-order valence-electron chi connectivity index (χ0n) is 11.7. The van der Waals surface area contributed by atoms with Gasteiger partial charge in [-0.2, -0.15) is 0 Å². The highest BCUT2D eigenvalue weighted by atomic mass is 32.1. The number of hydrogen-bond acceptors (Lipinski definition) is 2. The van der Waals surface area contributed by atoms with Gasteiger partial charge in [-0.3, -0.25) is 0 Å². The van der Waals surface area contributed by atoms with Crippen LogP contribution in [-0.4, -0.2) is 11.5 Å². The fraction of sp³-hybridized carbons (Fsp3) is 0.235. The number of thiocarbonyl (C=S) groups is 1. The van der Waals surface area contributed by atoms with E-state index in [9.17, 15) is 0 Å². The molecule has 2 rings (SSSR count). The van der Waals surface area contributed by atoms with E-state index >= 15 is 0 Å². The van der Waals surface area contributed by atoms with Gasteiger partial charge in [-0.15, -0.1) is 0 Å². The number of nitrogens with one attached hydrogen (secondary N) is 1. The van der Waals surface area contributed by atoms with Gasteiger partial charge in [-0.25, -0.2) is 0 Å². The molecular weight excluding hydrogens is 264 g/mol. The normalized spacial score (nSPS) is 10.2.